The average Bonchev–Trinajstić information content (AvgIpc) is 3.64. The van der Waals surface area contributed by atoms with Gasteiger partial charge < -0.3 is 0 Å². The highest BCUT2D eigenvalue weighted by atomic mass is 35.5. The average molecular weight is 650 g/mol. The molecule has 6 nitrogen and oxygen atoms in total. The summed E-state index contributed by atoms with van der Waals surface area (Å²) in [5.74, 6) is -1.29. The highest BCUT2D eigenvalue weighted by Gasteiger charge is 2.35. The molecule has 40 heavy (non-hydrogen) atoms. The minimum absolute atomic E-state index is 0.285. The number of hydrogen-bond acceptors (Lipinski definition) is 6. The molecule has 2 heterocycles. The molecule has 0 aliphatic carbocycles. The number of nitrogens with zero attached hydrogens (tertiary/aromatic N) is 2. The van der Waals surface area contributed by atoms with Crippen molar-refractivity contribution in [2.24, 2.45) is 0 Å². The van der Waals surface area contributed by atoms with Gasteiger partial charge in [-0.1, -0.05) is 70.7 Å². The van der Waals surface area contributed by atoms with E-state index in [4.69, 9.17) is 46.4 Å². The Bertz CT molecular complexity index is 1600. The van der Waals surface area contributed by atoms with E-state index in [2.05, 4.69) is 0 Å². The van der Waals surface area contributed by atoms with Gasteiger partial charge in [-0.05, 0) is 64.4 Å². The predicted octanol–water partition coefficient (Wildman–Crippen LogP) is 10.6. The molecule has 0 saturated heterocycles. The summed E-state index contributed by atoms with van der Waals surface area (Å²) in [6.07, 6.45) is 0. The summed E-state index contributed by atoms with van der Waals surface area (Å²) >= 11 is 27.9. The summed E-state index contributed by atoms with van der Waals surface area (Å²) in [4.78, 5) is 25.2. The fourth-order valence-corrected chi connectivity index (χ4v) is 7.03. The van der Waals surface area contributed by atoms with Crippen LogP contribution in [-0.2, 0) is 0 Å². The van der Waals surface area contributed by atoms with E-state index in [0.29, 0.717) is 21.2 Å². The lowest BCUT2D eigenvalue weighted by Crippen LogP contribution is -2.11. The van der Waals surface area contributed by atoms with Crippen LogP contribution in [0.4, 0.5) is 11.4 Å². The van der Waals surface area contributed by atoms with E-state index in [1.54, 1.807) is 42.5 Å². The van der Waals surface area contributed by atoms with Gasteiger partial charge in [-0.25, -0.2) is 0 Å². The second-order valence-corrected chi connectivity index (χ2v) is 12.3. The molecule has 2 atom stereocenters. The van der Waals surface area contributed by atoms with Crippen LogP contribution in [0.3, 0.4) is 0 Å². The molecule has 0 aliphatic heterocycles. The first-order chi connectivity index (χ1) is 19.2. The maximum Gasteiger partial charge on any atom is 0.280 e. The van der Waals surface area contributed by atoms with Crippen molar-refractivity contribution in [1.29, 1.82) is 0 Å². The first kappa shape index (κ1) is 28.5. The van der Waals surface area contributed by atoms with Crippen LogP contribution in [0.5, 0.6) is 0 Å². The molecule has 0 N–H and O–H groups in total. The second kappa shape index (κ2) is 11.9. The summed E-state index contributed by atoms with van der Waals surface area (Å²) in [6, 6.07) is 20.1. The van der Waals surface area contributed by atoms with Crippen molar-refractivity contribution >= 4 is 80.5 Å². The number of nitro benzene ring substituents is 2. The minimum atomic E-state index is -0.646. The third kappa shape index (κ3) is 5.61. The van der Waals surface area contributed by atoms with Gasteiger partial charge in [0.15, 0.2) is 0 Å². The number of benzene rings is 3. The lowest BCUT2D eigenvalue weighted by atomic mass is 9.83. The van der Waals surface area contributed by atoms with Gasteiger partial charge in [-0.15, -0.1) is 22.7 Å². The Hall–Kier alpha value is -2.98. The van der Waals surface area contributed by atoms with Crippen molar-refractivity contribution in [3.05, 3.63) is 156 Å². The maximum absolute atomic E-state index is 12.4. The van der Waals surface area contributed by atoms with E-state index < -0.39 is 21.7 Å². The molecular formula is C28H16Cl4N2O4S2. The molecule has 5 aromatic rings. The van der Waals surface area contributed by atoms with Gasteiger partial charge in [0.05, 0.1) is 47.8 Å². The Kier molecular flexibility index (Phi) is 8.47. The van der Waals surface area contributed by atoms with Gasteiger partial charge in [0.1, 0.15) is 0 Å². The van der Waals surface area contributed by atoms with Crippen LogP contribution in [0.25, 0.3) is 0 Å². The summed E-state index contributed by atoms with van der Waals surface area (Å²) in [5, 5.41) is 29.8. The Morgan fingerprint density at radius 1 is 0.575 bits per heavy atom. The van der Waals surface area contributed by atoms with Crippen molar-refractivity contribution < 1.29 is 9.85 Å². The minimum Gasteiger partial charge on any atom is -0.258 e. The summed E-state index contributed by atoms with van der Waals surface area (Å²) in [5.41, 5.74) is 1.13. The Balaban J connectivity index is 1.85. The first-order valence-electron chi connectivity index (χ1n) is 11.6. The van der Waals surface area contributed by atoms with Crippen molar-refractivity contribution in [2.45, 2.75) is 11.8 Å². The van der Waals surface area contributed by atoms with Crippen LogP contribution in [0.15, 0.2) is 83.6 Å². The molecule has 0 fully saturated rings. The standard InChI is InChI=1S/C28H16Cl4N2O4S2/c29-19-7-5-15(11-21(19)31)27(25-3-1-9-39-25)17-13-18(24(34(37)38)14-23(17)33(35)36)28(26-4-2-10-40-26)16-6-8-20(30)22(32)12-16/h1-14,27-28H. The van der Waals surface area contributed by atoms with Crippen LogP contribution in [0.1, 0.15) is 43.8 Å². The van der Waals surface area contributed by atoms with E-state index in [-0.39, 0.29) is 32.5 Å². The topological polar surface area (TPSA) is 86.3 Å². The molecule has 5 rings (SSSR count). The van der Waals surface area contributed by atoms with E-state index in [1.807, 2.05) is 35.0 Å². The third-order valence-electron chi connectivity index (χ3n) is 6.40. The normalized spacial score (nSPS) is 12.7. The number of halogens is 4. The number of thiophene rings is 2. The van der Waals surface area contributed by atoms with E-state index in [9.17, 15) is 20.2 Å². The maximum atomic E-state index is 12.4. The predicted molar refractivity (Wildman–Crippen MR) is 163 cm³/mol. The summed E-state index contributed by atoms with van der Waals surface area (Å²) < 4.78 is 0. The molecule has 0 amide bonds. The molecule has 3 aromatic carbocycles. The molecule has 0 spiro atoms. The van der Waals surface area contributed by atoms with Crippen LogP contribution >= 0.6 is 69.1 Å². The molecule has 0 bridgehead atoms. The number of hydrogen-bond donors (Lipinski definition) is 0. The van der Waals surface area contributed by atoms with Gasteiger partial charge in [0.25, 0.3) is 11.4 Å². The molecule has 0 saturated carbocycles. The zero-order chi connectivity index (χ0) is 28.6. The smallest absolute Gasteiger partial charge is 0.258 e. The Morgan fingerprint density at radius 3 is 1.32 bits per heavy atom. The van der Waals surface area contributed by atoms with Crippen LogP contribution in [0.2, 0.25) is 20.1 Å². The van der Waals surface area contributed by atoms with Gasteiger partial charge >= 0.3 is 0 Å². The molecule has 202 valence electrons. The van der Waals surface area contributed by atoms with Gasteiger partial charge in [-0.2, -0.15) is 0 Å². The molecule has 2 unspecified atom stereocenters. The Labute approximate surface area is 256 Å². The van der Waals surface area contributed by atoms with E-state index in [1.165, 1.54) is 22.7 Å². The molecule has 12 heteroatoms. The molecule has 2 aromatic heterocycles. The molecule has 0 aliphatic rings. The van der Waals surface area contributed by atoms with Crippen molar-refractivity contribution in [3.8, 4) is 0 Å². The van der Waals surface area contributed by atoms with Crippen molar-refractivity contribution in [3.63, 3.8) is 0 Å². The molecular weight excluding hydrogens is 634 g/mol. The SMILES string of the molecule is O=[N+]([O-])c1cc([N+](=O)[O-])c(C(c2ccc(Cl)c(Cl)c2)c2cccs2)cc1C(c1ccc(Cl)c(Cl)c1)c1cccs1. The fourth-order valence-electron chi connectivity index (χ4n) is 4.68. The zero-order valence-corrected chi connectivity index (χ0v) is 24.8. The monoisotopic (exact) mass is 648 g/mol. The quantitative estimate of drug-likeness (QED) is 0.124. The van der Waals surface area contributed by atoms with Crippen LogP contribution in [0, 0.1) is 20.2 Å². The fraction of sp³-hybridized carbons (Fsp3) is 0.0714. The summed E-state index contributed by atoms with van der Waals surface area (Å²) in [7, 11) is 0. The lowest BCUT2D eigenvalue weighted by Gasteiger charge is -2.22. The lowest BCUT2D eigenvalue weighted by molar-refractivity contribution is -0.395. The second-order valence-electron chi connectivity index (χ2n) is 8.73. The van der Waals surface area contributed by atoms with E-state index in [0.717, 1.165) is 15.8 Å². The summed E-state index contributed by atoms with van der Waals surface area (Å²) in [6.45, 7) is 0. The highest BCUT2D eigenvalue weighted by Crippen LogP contribution is 2.47. The highest BCUT2D eigenvalue weighted by molar-refractivity contribution is 7.10. The van der Waals surface area contributed by atoms with Crippen LogP contribution in [-0.4, -0.2) is 9.85 Å². The van der Waals surface area contributed by atoms with E-state index >= 15 is 0 Å². The van der Waals surface area contributed by atoms with Crippen LogP contribution < -0.4 is 0 Å². The van der Waals surface area contributed by atoms with Crippen molar-refractivity contribution in [1.82, 2.24) is 0 Å². The van der Waals surface area contributed by atoms with Gasteiger partial charge in [0.2, 0.25) is 0 Å². The van der Waals surface area contributed by atoms with Gasteiger partial charge in [-0.3, -0.25) is 20.2 Å². The number of rotatable bonds is 8. The largest absolute Gasteiger partial charge is 0.280 e. The Morgan fingerprint density at radius 2 is 1.00 bits per heavy atom. The zero-order valence-electron chi connectivity index (χ0n) is 20.1. The van der Waals surface area contributed by atoms with Gasteiger partial charge in [0, 0.05) is 20.9 Å². The molecule has 0 radical (unpaired) electrons. The third-order valence-corrected chi connectivity index (χ3v) is 9.75. The number of nitro groups is 2. The first-order valence-corrected chi connectivity index (χ1v) is 14.9. The van der Waals surface area contributed by atoms with Crippen molar-refractivity contribution in [2.75, 3.05) is 0 Å².